The van der Waals surface area contributed by atoms with Crippen molar-refractivity contribution in [3.8, 4) is 0 Å². The Hall–Kier alpha value is -1.48. The van der Waals surface area contributed by atoms with E-state index in [9.17, 15) is 9.90 Å². The monoisotopic (exact) mass is 407 g/mol. The zero-order chi connectivity index (χ0) is 20.9. The van der Waals surface area contributed by atoms with Crippen molar-refractivity contribution in [3.05, 3.63) is 36.2 Å². The molecule has 5 rings (SSSR count). The zero-order valence-corrected chi connectivity index (χ0v) is 18.6. The fraction of sp³-hybridized carbons (Fsp3) is 0.704. The van der Waals surface area contributed by atoms with Gasteiger partial charge in [0, 0.05) is 18.3 Å². The molecule has 4 aliphatic carbocycles. The van der Waals surface area contributed by atoms with Gasteiger partial charge in [0.05, 0.1) is 6.10 Å². The van der Waals surface area contributed by atoms with Gasteiger partial charge in [-0.2, -0.15) is 0 Å². The molecule has 8 atom stereocenters. The summed E-state index contributed by atoms with van der Waals surface area (Å²) in [5, 5.41) is 10.2. The molecule has 162 valence electrons. The molecule has 0 amide bonds. The van der Waals surface area contributed by atoms with Gasteiger partial charge in [0.2, 0.25) is 0 Å². The number of aromatic nitrogens is 1. The smallest absolute Gasteiger partial charge is 0.159 e. The number of allylic oxidation sites excluding steroid dienone is 1. The van der Waals surface area contributed by atoms with Gasteiger partial charge in [0.15, 0.2) is 5.78 Å². The molecule has 0 aliphatic heterocycles. The highest BCUT2D eigenvalue weighted by Crippen LogP contribution is 2.67. The number of hydrogen-bond donors (Lipinski definition) is 1. The highest BCUT2D eigenvalue weighted by Gasteiger charge is 2.60. The van der Waals surface area contributed by atoms with E-state index in [0.717, 1.165) is 36.7 Å². The number of carbonyl (C=O) groups excluding carboxylic acids is 1. The van der Waals surface area contributed by atoms with Crippen LogP contribution >= 0.6 is 0 Å². The van der Waals surface area contributed by atoms with E-state index in [-0.39, 0.29) is 17.4 Å². The minimum absolute atomic E-state index is 0.0754. The van der Waals surface area contributed by atoms with E-state index in [2.05, 4.69) is 18.8 Å². The van der Waals surface area contributed by atoms with Crippen LogP contribution in [-0.2, 0) is 4.79 Å². The van der Waals surface area contributed by atoms with Crippen LogP contribution in [0.4, 0.5) is 0 Å². The summed E-state index contributed by atoms with van der Waals surface area (Å²) >= 11 is 0. The van der Waals surface area contributed by atoms with E-state index in [4.69, 9.17) is 0 Å². The Morgan fingerprint density at radius 1 is 1.07 bits per heavy atom. The predicted octanol–water partition coefficient (Wildman–Crippen LogP) is 5.68. The molecule has 0 radical (unpaired) electrons. The number of aliphatic hydroxyl groups is 1. The van der Waals surface area contributed by atoms with Crippen LogP contribution in [0.2, 0.25) is 0 Å². The van der Waals surface area contributed by atoms with Gasteiger partial charge >= 0.3 is 0 Å². The van der Waals surface area contributed by atoms with Crippen LogP contribution in [0.5, 0.6) is 0 Å². The third kappa shape index (κ3) is 3.20. The normalized spacial score (nSPS) is 45.6. The maximum Gasteiger partial charge on any atom is 0.159 e. The van der Waals surface area contributed by atoms with E-state index in [0.29, 0.717) is 23.0 Å². The van der Waals surface area contributed by atoms with E-state index in [1.807, 2.05) is 30.5 Å². The summed E-state index contributed by atoms with van der Waals surface area (Å²) in [7, 11) is 0. The molecule has 0 spiro atoms. The van der Waals surface area contributed by atoms with Crippen molar-refractivity contribution in [1.29, 1.82) is 0 Å². The first-order valence-electron chi connectivity index (χ1n) is 12.2. The number of rotatable bonds is 3. The van der Waals surface area contributed by atoms with Gasteiger partial charge in [0.1, 0.15) is 0 Å². The van der Waals surface area contributed by atoms with Crippen LogP contribution in [0.25, 0.3) is 6.08 Å². The van der Waals surface area contributed by atoms with Crippen molar-refractivity contribution in [2.75, 3.05) is 0 Å². The van der Waals surface area contributed by atoms with Crippen LogP contribution in [0.15, 0.2) is 30.6 Å². The molecule has 4 saturated carbocycles. The summed E-state index contributed by atoms with van der Waals surface area (Å²) in [5.41, 5.74) is 1.57. The fourth-order valence-electron chi connectivity index (χ4n) is 8.47. The first-order chi connectivity index (χ1) is 14.4. The molecule has 3 nitrogen and oxygen atoms in total. The summed E-state index contributed by atoms with van der Waals surface area (Å²) < 4.78 is 0. The lowest BCUT2D eigenvalue weighted by molar-refractivity contribution is -0.136. The molecule has 0 saturated heterocycles. The van der Waals surface area contributed by atoms with Crippen LogP contribution < -0.4 is 0 Å². The summed E-state index contributed by atoms with van der Waals surface area (Å²) in [4.78, 5) is 17.4. The Bertz CT molecular complexity index is 819. The third-order valence-corrected chi connectivity index (χ3v) is 10.1. The van der Waals surface area contributed by atoms with E-state index >= 15 is 0 Å². The predicted molar refractivity (Wildman–Crippen MR) is 120 cm³/mol. The first kappa shape index (κ1) is 20.4. The highest BCUT2D eigenvalue weighted by atomic mass is 16.3. The van der Waals surface area contributed by atoms with Crippen LogP contribution in [0.3, 0.4) is 0 Å². The van der Waals surface area contributed by atoms with E-state index in [1.54, 1.807) is 6.20 Å². The first-order valence-corrected chi connectivity index (χ1v) is 12.2. The molecule has 0 bridgehead atoms. The van der Waals surface area contributed by atoms with E-state index in [1.165, 1.54) is 38.5 Å². The number of hydrogen-bond acceptors (Lipinski definition) is 3. The summed E-state index contributed by atoms with van der Waals surface area (Å²) in [6.45, 7) is 4.97. The van der Waals surface area contributed by atoms with Gasteiger partial charge in [-0.25, -0.2) is 0 Å². The minimum atomic E-state index is -0.0754. The average Bonchev–Trinajstić information content (AvgIpc) is 3.10. The van der Waals surface area contributed by atoms with Gasteiger partial charge in [-0.3, -0.25) is 9.78 Å². The fourth-order valence-corrected chi connectivity index (χ4v) is 8.47. The average molecular weight is 408 g/mol. The minimum Gasteiger partial charge on any atom is -0.393 e. The molecule has 1 aromatic rings. The van der Waals surface area contributed by atoms with Crippen molar-refractivity contribution in [3.63, 3.8) is 0 Å². The Labute approximate surface area is 181 Å². The van der Waals surface area contributed by atoms with Crippen molar-refractivity contribution in [2.45, 2.75) is 77.7 Å². The number of ketones is 1. The second kappa shape index (κ2) is 7.58. The lowest BCUT2D eigenvalue weighted by Crippen LogP contribution is -2.54. The van der Waals surface area contributed by atoms with Gasteiger partial charge in [0.25, 0.3) is 0 Å². The Balaban J connectivity index is 1.34. The van der Waals surface area contributed by atoms with Crippen molar-refractivity contribution in [1.82, 2.24) is 4.98 Å². The maximum absolute atomic E-state index is 13.2. The molecule has 3 heteroatoms. The van der Waals surface area contributed by atoms with Gasteiger partial charge < -0.3 is 5.11 Å². The van der Waals surface area contributed by atoms with Gasteiger partial charge in [-0.1, -0.05) is 19.9 Å². The van der Waals surface area contributed by atoms with Crippen molar-refractivity contribution >= 4 is 11.9 Å². The maximum atomic E-state index is 13.2. The third-order valence-electron chi connectivity index (χ3n) is 10.1. The van der Waals surface area contributed by atoms with Crippen LogP contribution in [0.1, 0.15) is 77.2 Å². The van der Waals surface area contributed by atoms with Gasteiger partial charge in [-0.05, 0) is 116 Å². The molecular formula is C27H37NO2. The molecule has 1 unspecified atom stereocenters. The molecule has 1 N–H and O–H groups in total. The lowest BCUT2D eigenvalue weighted by Gasteiger charge is -2.60. The quantitative estimate of drug-likeness (QED) is 0.656. The molecule has 0 aromatic carbocycles. The number of carbonyl (C=O) groups is 1. The Kier molecular flexibility index (Phi) is 5.16. The standard InChI is InChI=1S/C27H37NO2/c1-26-13-11-20(29)16-19(26)6-7-21-22-8-9-24(27(22,2)14-12-23(21)26)25(30)10-5-18-4-3-15-28-17-18/h3-5,10,15,17,19-24,29H,6-9,11-14,16H2,1-2H3/b10-5+/t19?,20-,21-,22-,23-,24+,26-,27-/m0/s1. The molecule has 30 heavy (non-hydrogen) atoms. The second-order valence-corrected chi connectivity index (χ2v) is 11.3. The summed E-state index contributed by atoms with van der Waals surface area (Å²) in [6.07, 6.45) is 17.8. The van der Waals surface area contributed by atoms with Crippen LogP contribution in [0, 0.1) is 40.4 Å². The zero-order valence-electron chi connectivity index (χ0n) is 18.6. The van der Waals surface area contributed by atoms with E-state index < -0.39 is 0 Å². The Morgan fingerprint density at radius 2 is 1.87 bits per heavy atom. The SMILES string of the molecule is C[C@]12CC[C@H]3[C@@H](CCC4C[C@@H](O)CC[C@@]43C)[C@@H]1CC[C@@H]2C(=O)/C=C/c1cccnc1. The Morgan fingerprint density at radius 3 is 2.67 bits per heavy atom. The number of aliphatic hydroxyl groups excluding tert-OH is 1. The number of pyridine rings is 1. The molecule has 1 aromatic heterocycles. The highest BCUT2D eigenvalue weighted by molar-refractivity contribution is 5.96. The summed E-state index contributed by atoms with van der Waals surface area (Å²) in [5.74, 6) is 3.47. The lowest BCUT2D eigenvalue weighted by atomic mass is 9.44. The van der Waals surface area contributed by atoms with Crippen molar-refractivity contribution < 1.29 is 9.90 Å². The topological polar surface area (TPSA) is 50.2 Å². The summed E-state index contributed by atoms with van der Waals surface area (Å²) in [6, 6.07) is 3.92. The number of fused-ring (bicyclic) bond motifs is 5. The van der Waals surface area contributed by atoms with Crippen molar-refractivity contribution in [2.24, 2.45) is 40.4 Å². The van der Waals surface area contributed by atoms with Gasteiger partial charge in [-0.15, -0.1) is 0 Å². The molecule has 4 aliphatic rings. The molecule has 1 heterocycles. The largest absolute Gasteiger partial charge is 0.393 e. The molecule has 4 fully saturated rings. The molecular weight excluding hydrogens is 370 g/mol. The van der Waals surface area contributed by atoms with Crippen LogP contribution in [-0.4, -0.2) is 22.0 Å². The second-order valence-electron chi connectivity index (χ2n) is 11.3. The number of nitrogens with zero attached hydrogens (tertiary/aromatic N) is 1.